The van der Waals surface area contributed by atoms with E-state index in [1.165, 1.54) is 0 Å². The monoisotopic (exact) mass is 579 g/mol. The van der Waals surface area contributed by atoms with E-state index >= 15 is 0 Å². The van der Waals surface area contributed by atoms with E-state index in [1.54, 1.807) is 20.6 Å². The van der Waals surface area contributed by atoms with Gasteiger partial charge in [0.1, 0.15) is 29.7 Å². The highest BCUT2D eigenvalue weighted by Gasteiger charge is 2.78. The number of hydrogen-bond acceptors (Lipinski definition) is 8. The topological polar surface area (TPSA) is 127 Å². The van der Waals surface area contributed by atoms with E-state index in [2.05, 4.69) is 23.5 Å². The molecule has 2 aromatic rings. The van der Waals surface area contributed by atoms with Gasteiger partial charge in [0.25, 0.3) is 0 Å². The van der Waals surface area contributed by atoms with Gasteiger partial charge < -0.3 is 24.4 Å². The van der Waals surface area contributed by atoms with Crippen LogP contribution in [-0.2, 0) is 30.5 Å². The van der Waals surface area contributed by atoms with Gasteiger partial charge in [0.2, 0.25) is 11.8 Å². The molecule has 0 aliphatic carbocycles. The van der Waals surface area contributed by atoms with Crippen LogP contribution in [0.1, 0.15) is 51.9 Å². The van der Waals surface area contributed by atoms with Crippen LogP contribution < -0.4 is 0 Å². The number of allylic oxidation sites excluding steroid dienone is 1. The first-order valence-corrected chi connectivity index (χ1v) is 14.9. The number of aliphatic hydroxyl groups excluding tert-OH is 1. The van der Waals surface area contributed by atoms with Crippen molar-refractivity contribution in [1.82, 2.24) is 24.8 Å². The van der Waals surface area contributed by atoms with Crippen LogP contribution in [0.25, 0.3) is 11.0 Å². The number of benzene rings is 1. The summed E-state index contributed by atoms with van der Waals surface area (Å²) in [5.74, 6) is -2.64. The predicted molar refractivity (Wildman–Crippen MR) is 155 cm³/mol. The number of para-hydroxylation sites is 1. The molecule has 11 heteroatoms. The molecule has 0 radical (unpaired) electrons. The number of esters is 1. The summed E-state index contributed by atoms with van der Waals surface area (Å²) in [5, 5.41) is 17.9. The number of rotatable bonds is 15. The molecule has 5 atom stereocenters. The molecule has 226 valence electrons. The molecule has 5 rings (SSSR count). The fourth-order valence-corrected chi connectivity index (χ4v) is 7.08. The van der Waals surface area contributed by atoms with Gasteiger partial charge in [-0.05, 0) is 64.0 Å². The van der Waals surface area contributed by atoms with Crippen LogP contribution in [0.4, 0.5) is 0 Å². The minimum Gasteiger partial charge on any atom is -0.465 e. The number of ether oxygens (including phenoxy) is 2. The zero-order chi connectivity index (χ0) is 29.9. The smallest absolute Gasteiger partial charge is 0.312 e. The number of amides is 2. The standard InChI is InChI=1S/C31H41N5O6/c1-4-6-7-12-20-41-29(40)25-24-27(38)35(18-10-11-19-37)26(31(24)16-15-30(25,3)42-31)28(39)34(17-5-2)21-36-23-14-9-8-13-22(23)32-33-36/h4-5,8-9,13-14,24-26,37H,1-2,6-7,10-12,15-21H2,3H3/t24-,25+,26?,30-,31?/m0/s1. The van der Waals surface area contributed by atoms with Gasteiger partial charge in [0.15, 0.2) is 0 Å². The second-order valence-corrected chi connectivity index (χ2v) is 11.7. The summed E-state index contributed by atoms with van der Waals surface area (Å²) in [7, 11) is 0. The van der Waals surface area contributed by atoms with E-state index < -0.39 is 35.0 Å². The van der Waals surface area contributed by atoms with Crippen molar-refractivity contribution in [3.8, 4) is 0 Å². The lowest BCUT2D eigenvalue weighted by atomic mass is 9.66. The van der Waals surface area contributed by atoms with Gasteiger partial charge in [-0.25, -0.2) is 4.68 Å². The van der Waals surface area contributed by atoms with Crippen LogP contribution in [-0.4, -0.2) is 91.2 Å². The molecular weight excluding hydrogens is 538 g/mol. The Labute approximate surface area is 246 Å². The summed E-state index contributed by atoms with van der Waals surface area (Å²) < 4.78 is 14.0. The zero-order valence-electron chi connectivity index (χ0n) is 24.3. The molecule has 3 saturated heterocycles. The molecule has 4 heterocycles. The molecule has 0 saturated carbocycles. The number of hydrogen-bond donors (Lipinski definition) is 1. The van der Waals surface area contributed by atoms with E-state index in [0.29, 0.717) is 37.6 Å². The Bertz CT molecular complexity index is 1340. The molecule has 1 spiro atoms. The van der Waals surface area contributed by atoms with Crippen molar-refractivity contribution in [2.24, 2.45) is 11.8 Å². The Morgan fingerprint density at radius 1 is 1.19 bits per heavy atom. The SMILES string of the molecule is C=CCCCCOC(=O)[C@H]1[C@H]2C(=O)N(CCCCO)C(C(=O)N(CC=C)Cn3nnc4ccccc43)C23CC[C@]1(C)O3. The summed E-state index contributed by atoms with van der Waals surface area (Å²) in [6.07, 6.45) is 7.88. The van der Waals surface area contributed by atoms with Gasteiger partial charge in [-0.1, -0.05) is 29.5 Å². The van der Waals surface area contributed by atoms with Crippen molar-refractivity contribution >= 4 is 28.8 Å². The van der Waals surface area contributed by atoms with Gasteiger partial charge in [-0.3, -0.25) is 14.4 Å². The summed E-state index contributed by atoms with van der Waals surface area (Å²) in [6.45, 7) is 10.3. The van der Waals surface area contributed by atoms with E-state index in [9.17, 15) is 19.5 Å². The fourth-order valence-electron chi connectivity index (χ4n) is 7.08. The Morgan fingerprint density at radius 2 is 2.00 bits per heavy atom. The van der Waals surface area contributed by atoms with Crippen LogP contribution in [0.5, 0.6) is 0 Å². The first-order valence-electron chi connectivity index (χ1n) is 14.9. The molecule has 3 fully saturated rings. The van der Waals surface area contributed by atoms with Crippen molar-refractivity contribution in [3.05, 3.63) is 49.6 Å². The van der Waals surface area contributed by atoms with Crippen molar-refractivity contribution in [2.45, 2.75) is 75.8 Å². The average molecular weight is 580 g/mol. The number of fused-ring (bicyclic) bond motifs is 2. The van der Waals surface area contributed by atoms with Crippen LogP contribution in [0, 0.1) is 11.8 Å². The summed E-state index contributed by atoms with van der Waals surface area (Å²) in [5.41, 5.74) is -0.572. The molecule has 11 nitrogen and oxygen atoms in total. The molecular formula is C31H41N5O6. The maximum absolute atomic E-state index is 14.5. The highest BCUT2D eigenvalue weighted by atomic mass is 16.6. The van der Waals surface area contributed by atoms with E-state index in [-0.39, 0.29) is 44.8 Å². The lowest BCUT2D eigenvalue weighted by Crippen LogP contribution is -2.56. The highest BCUT2D eigenvalue weighted by molar-refractivity contribution is 5.98. The second kappa shape index (κ2) is 12.3. The molecule has 2 unspecified atom stereocenters. The fraction of sp³-hybridized carbons (Fsp3) is 0.581. The van der Waals surface area contributed by atoms with Gasteiger partial charge >= 0.3 is 5.97 Å². The summed E-state index contributed by atoms with van der Waals surface area (Å²) in [4.78, 5) is 45.4. The molecule has 1 N–H and O–H groups in total. The summed E-state index contributed by atoms with van der Waals surface area (Å²) >= 11 is 0. The number of nitrogens with zero attached hydrogens (tertiary/aromatic N) is 5. The minimum absolute atomic E-state index is 0.0213. The maximum atomic E-state index is 14.5. The van der Waals surface area contributed by atoms with E-state index in [0.717, 1.165) is 18.4 Å². The third-order valence-corrected chi connectivity index (χ3v) is 9.00. The van der Waals surface area contributed by atoms with Crippen molar-refractivity contribution in [2.75, 3.05) is 26.3 Å². The quantitative estimate of drug-likeness (QED) is 0.194. The number of carbonyl (C=O) groups excluding carboxylic acids is 3. The van der Waals surface area contributed by atoms with E-state index in [1.807, 2.05) is 37.3 Å². The molecule has 3 aliphatic rings. The largest absolute Gasteiger partial charge is 0.465 e. The van der Waals surface area contributed by atoms with Gasteiger partial charge in [-0.15, -0.1) is 18.3 Å². The summed E-state index contributed by atoms with van der Waals surface area (Å²) in [6, 6.07) is 6.56. The normalized spacial score (nSPS) is 27.8. The van der Waals surface area contributed by atoms with Gasteiger partial charge in [0, 0.05) is 19.7 Å². The molecule has 2 amide bonds. The molecule has 1 aromatic carbocycles. The molecule has 1 aromatic heterocycles. The number of unbranched alkanes of at least 4 members (excludes halogenated alkanes) is 3. The first-order chi connectivity index (χ1) is 20.3. The minimum atomic E-state index is -1.15. The molecule has 42 heavy (non-hydrogen) atoms. The lowest BCUT2D eigenvalue weighted by molar-refractivity contribution is -0.160. The Morgan fingerprint density at radius 3 is 2.76 bits per heavy atom. The molecule has 3 aliphatic heterocycles. The van der Waals surface area contributed by atoms with Crippen LogP contribution in [0.15, 0.2) is 49.6 Å². The van der Waals surface area contributed by atoms with Crippen molar-refractivity contribution in [3.63, 3.8) is 0 Å². The first kappa shape index (κ1) is 29.9. The van der Waals surface area contributed by atoms with E-state index in [4.69, 9.17) is 9.47 Å². The van der Waals surface area contributed by atoms with Crippen molar-refractivity contribution < 1.29 is 29.0 Å². The third kappa shape index (κ3) is 5.13. The predicted octanol–water partition coefficient (Wildman–Crippen LogP) is 2.84. The lowest BCUT2D eigenvalue weighted by Gasteiger charge is -2.36. The number of carbonyl (C=O) groups is 3. The third-order valence-electron chi connectivity index (χ3n) is 9.00. The van der Waals surface area contributed by atoms with Crippen LogP contribution in [0.2, 0.25) is 0 Å². The number of likely N-dealkylation sites (tertiary alicyclic amines) is 1. The highest BCUT2D eigenvalue weighted by Crippen LogP contribution is 2.63. The Hall–Kier alpha value is -3.57. The van der Waals surface area contributed by atoms with Gasteiger partial charge in [-0.2, -0.15) is 0 Å². The zero-order valence-corrected chi connectivity index (χ0v) is 24.3. The van der Waals surface area contributed by atoms with Crippen molar-refractivity contribution in [1.29, 1.82) is 0 Å². The Balaban J connectivity index is 1.45. The van der Waals surface area contributed by atoms with Crippen LogP contribution in [0.3, 0.4) is 0 Å². The van der Waals surface area contributed by atoms with Crippen LogP contribution >= 0.6 is 0 Å². The maximum Gasteiger partial charge on any atom is 0.312 e. The Kier molecular flexibility index (Phi) is 8.79. The van der Waals surface area contributed by atoms with Gasteiger partial charge in [0.05, 0.1) is 23.6 Å². The number of aromatic nitrogens is 3. The number of aliphatic hydroxyl groups is 1. The average Bonchev–Trinajstić information content (AvgIpc) is 3.68. The second-order valence-electron chi connectivity index (χ2n) is 11.7. The molecule has 2 bridgehead atoms.